The lowest BCUT2D eigenvalue weighted by molar-refractivity contribution is 0.0238. The predicted molar refractivity (Wildman–Crippen MR) is 69.4 cm³/mol. The fraction of sp³-hybridized carbons (Fsp3) is 0.462. The van der Waals surface area contributed by atoms with Gasteiger partial charge in [0, 0.05) is 23.9 Å². The summed E-state index contributed by atoms with van der Waals surface area (Å²) in [5.41, 5.74) is 0.0100. The van der Waals surface area contributed by atoms with Crippen LogP contribution in [0.5, 0.6) is 11.5 Å². The van der Waals surface area contributed by atoms with Crippen LogP contribution in [0.1, 0.15) is 23.2 Å². The van der Waals surface area contributed by atoms with E-state index in [4.69, 9.17) is 25.8 Å². The van der Waals surface area contributed by atoms with Gasteiger partial charge in [0.1, 0.15) is 11.7 Å². The first-order valence-corrected chi connectivity index (χ1v) is 6.35. The standard InChI is InChI=1S/C13H15ClO5/c1-17-11-7-8(14)6-10(13(15)16)12(11)19-9-2-4-18-5-3-9/h6-7,9H,2-5H2,1H3,(H,15,16). The van der Waals surface area contributed by atoms with E-state index < -0.39 is 5.97 Å². The van der Waals surface area contributed by atoms with Crippen molar-refractivity contribution < 1.29 is 24.1 Å². The van der Waals surface area contributed by atoms with Crippen LogP contribution < -0.4 is 9.47 Å². The van der Waals surface area contributed by atoms with E-state index >= 15 is 0 Å². The molecule has 1 N–H and O–H groups in total. The van der Waals surface area contributed by atoms with Gasteiger partial charge in [-0.1, -0.05) is 11.6 Å². The fourth-order valence-corrected chi connectivity index (χ4v) is 2.17. The first-order chi connectivity index (χ1) is 9.11. The number of hydrogen-bond acceptors (Lipinski definition) is 4. The van der Waals surface area contributed by atoms with E-state index in [1.54, 1.807) is 6.07 Å². The highest BCUT2D eigenvalue weighted by atomic mass is 35.5. The van der Waals surface area contributed by atoms with Gasteiger partial charge in [-0.2, -0.15) is 0 Å². The van der Waals surface area contributed by atoms with Crippen molar-refractivity contribution >= 4 is 17.6 Å². The molecule has 1 saturated heterocycles. The molecule has 1 aromatic carbocycles. The van der Waals surface area contributed by atoms with E-state index in [0.717, 1.165) is 12.8 Å². The summed E-state index contributed by atoms with van der Waals surface area (Å²) in [4.78, 5) is 11.3. The quantitative estimate of drug-likeness (QED) is 0.921. The molecule has 0 aromatic heterocycles. The molecule has 1 aromatic rings. The Hall–Kier alpha value is -1.46. The van der Waals surface area contributed by atoms with Crippen LogP contribution in [0.15, 0.2) is 12.1 Å². The topological polar surface area (TPSA) is 65.0 Å². The van der Waals surface area contributed by atoms with Crippen LogP contribution in [-0.4, -0.2) is 37.5 Å². The summed E-state index contributed by atoms with van der Waals surface area (Å²) < 4.78 is 16.2. The molecular weight excluding hydrogens is 272 g/mol. The second-order valence-electron chi connectivity index (χ2n) is 4.22. The Bertz CT molecular complexity index is 468. The minimum absolute atomic E-state index is 0.0100. The molecule has 104 valence electrons. The molecule has 5 nitrogen and oxygen atoms in total. The van der Waals surface area contributed by atoms with Gasteiger partial charge in [-0.25, -0.2) is 4.79 Å². The second kappa shape index (κ2) is 6.12. The van der Waals surface area contributed by atoms with Crippen molar-refractivity contribution in [1.82, 2.24) is 0 Å². The number of carboxylic acid groups (broad SMARTS) is 1. The minimum atomic E-state index is -1.09. The first-order valence-electron chi connectivity index (χ1n) is 5.97. The Morgan fingerprint density at radius 3 is 2.68 bits per heavy atom. The lowest BCUT2D eigenvalue weighted by Crippen LogP contribution is -2.26. The largest absolute Gasteiger partial charge is 0.493 e. The van der Waals surface area contributed by atoms with E-state index in [0.29, 0.717) is 24.0 Å². The molecule has 0 saturated carbocycles. The number of ether oxygens (including phenoxy) is 3. The van der Waals surface area contributed by atoms with E-state index in [9.17, 15) is 9.90 Å². The second-order valence-corrected chi connectivity index (χ2v) is 4.66. The fourth-order valence-electron chi connectivity index (χ4n) is 1.96. The normalized spacial score (nSPS) is 16.1. The first kappa shape index (κ1) is 14.0. The van der Waals surface area contributed by atoms with Crippen molar-refractivity contribution in [2.45, 2.75) is 18.9 Å². The summed E-state index contributed by atoms with van der Waals surface area (Å²) in [7, 11) is 1.45. The lowest BCUT2D eigenvalue weighted by Gasteiger charge is -2.25. The summed E-state index contributed by atoms with van der Waals surface area (Å²) >= 11 is 5.87. The summed E-state index contributed by atoms with van der Waals surface area (Å²) in [6.07, 6.45) is 1.39. The van der Waals surface area contributed by atoms with Crippen LogP contribution in [0.25, 0.3) is 0 Å². The van der Waals surface area contributed by atoms with Crippen LogP contribution >= 0.6 is 11.6 Å². The monoisotopic (exact) mass is 286 g/mol. The van der Waals surface area contributed by atoms with Crippen molar-refractivity contribution in [3.05, 3.63) is 22.7 Å². The Labute approximate surface area is 116 Å². The van der Waals surface area contributed by atoms with Crippen LogP contribution in [0, 0.1) is 0 Å². The number of benzene rings is 1. The number of aromatic carboxylic acids is 1. The number of carbonyl (C=O) groups is 1. The molecule has 0 spiro atoms. The number of hydrogen-bond donors (Lipinski definition) is 1. The number of rotatable bonds is 4. The van der Waals surface area contributed by atoms with Gasteiger partial charge in [0.2, 0.25) is 0 Å². The van der Waals surface area contributed by atoms with Crippen LogP contribution in [0.3, 0.4) is 0 Å². The highest BCUT2D eigenvalue weighted by Crippen LogP contribution is 2.36. The van der Waals surface area contributed by atoms with Gasteiger partial charge in [-0.05, 0) is 6.07 Å². The molecule has 0 amide bonds. The van der Waals surface area contributed by atoms with Gasteiger partial charge in [-0.15, -0.1) is 0 Å². The molecule has 0 radical (unpaired) electrons. The van der Waals surface area contributed by atoms with Gasteiger partial charge in [0.15, 0.2) is 11.5 Å². The molecule has 1 aliphatic heterocycles. The summed E-state index contributed by atoms with van der Waals surface area (Å²) in [6.45, 7) is 1.23. The predicted octanol–water partition coefficient (Wildman–Crippen LogP) is 2.60. The molecular formula is C13H15ClO5. The highest BCUT2D eigenvalue weighted by molar-refractivity contribution is 6.31. The van der Waals surface area contributed by atoms with Crippen molar-refractivity contribution in [3.63, 3.8) is 0 Å². The molecule has 19 heavy (non-hydrogen) atoms. The average molecular weight is 287 g/mol. The summed E-state index contributed by atoms with van der Waals surface area (Å²) in [6, 6.07) is 2.91. The van der Waals surface area contributed by atoms with Gasteiger partial charge < -0.3 is 19.3 Å². The number of halogens is 1. The van der Waals surface area contributed by atoms with Crippen molar-refractivity contribution in [2.24, 2.45) is 0 Å². The Morgan fingerprint density at radius 2 is 2.11 bits per heavy atom. The third-order valence-electron chi connectivity index (χ3n) is 2.92. The highest BCUT2D eigenvalue weighted by Gasteiger charge is 2.23. The molecule has 2 rings (SSSR count). The zero-order valence-corrected chi connectivity index (χ0v) is 11.3. The number of carboxylic acids is 1. The maximum atomic E-state index is 11.3. The van der Waals surface area contributed by atoms with Crippen LogP contribution in [-0.2, 0) is 4.74 Å². The van der Waals surface area contributed by atoms with Crippen molar-refractivity contribution in [1.29, 1.82) is 0 Å². The van der Waals surface area contributed by atoms with Gasteiger partial charge >= 0.3 is 5.97 Å². The SMILES string of the molecule is COc1cc(Cl)cc(C(=O)O)c1OC1CCOCC1. The minimum Gasteiger partial charge on any atom is -0.493 e. The summed E-state index contributed by atoms with van der Waals surface area (Å²) in [5, 5.41) is 9.52. The van der Waals surface area contributed by atoms with Crippen molar-refractivity contribution in [2.75, 3.05) is 20.3 Å². The molecule has 0 unspecified atom stereocenters. The molecule has 0 bridgehead atoms. The smallest absolute Gasteiger partial charge is 0.339 e. The molecule has 6 heteroatoms. The molecule has 0 aliphatic carbocycles. The zero-order chi connectivity index (χ0) is 13.8. The van der Waals surface area contributed by atoms with Crippen LogP contribution in [0.4, 0.5) is 0 Å². The molecule has 0 atom stereocenters. The Balaban J connectivity index is 2.32. The van der Waals surface area contributed by atoms with Gasteiger partial charge in [0.05, 0.1) is 20.3 Å². The Morgan fingerprint density at radius 1 is 1.42 bits per heavy atom. The molecule has 1 fully saturated rings. The third-order valence-corrected chi connectivity index (χ3v) is 3.14. The number of methoxy groups -OCH3 is 1. The van der Waals surface area contributed by atoms with E-state index in [1.165, 1.54) is 13.2 Å². The molecule has 1 heterocycles. The van der Waals surface area contributed by atoms with Gasteiger partial charge in [-0.3, -0.25) is 0 Å². The zero-order valence-electron chi connectivity index (χ0n) is 10.5. The van der Waals surface area contributed by atoms with Crippen LogP contribution in [0.2, 0.25) is 5.02 Å². The lowest BCUT2D eigenvalue weighted by atomic mass is 10.1. The van der Waals surface area contributed by atoms with E-state index in [2.05, 4.69) is 0 Å². The van der Waals surface area contributed by atoms with E-state index in [1.807, 2.05) is 0 Å². The van der Waals surface area contributed by atoms with E-state index in [-0.39, 0.29) is 17.4 Å². The maximum Gasteiger partial charge on any atom is 0.339 e. The third kappa shape index (κ3) is 3.30. The maximum absolute atomic E-state index is 11.3. The van der Waals surface area contributed by atoms with Gasteiger partial charge in [0.25, 0.3) is 0 Å². The molecule has 1 aliphatic rings. The Kier molecular flexibility index (Phi) is 4.50. The average Bonchev–Trinajstić information content (AvgIpc) is 2.41. The van der Waals surface area contributed by atoms with Crippen molar-refractivity contribution in [3.8, 4) is 11.5 Å². The summed E-state index contributed by atoms with van der Waals surface area (Å²) in [5.74, 6) is -0.537.